The Kier molecular flexibility index (Phi) is 6.49. The summed E-state index contributed by atoms with van der Waals surface area (Å²) in [6, 6.07) is 18.0. The Morgan fingerprint density at radius 1 is 1.00 bits per heavy atom. The number of aryl methyl sites for hydroxylation is 3. The van der Waals surface area contributed by atoms with Gasteiger partial charge in [0.1, 0.15) is 23.0 Å². The second-order valence-corrected chi connectivity index (χ2v) is 7.85. The van der Waals surface area contributed by atoms with E-state index in [1.807, 2.05) is 44.2 Å². The van der Waals surface area contributed by atoms with Crippen LogP contribution in [0.15, 0.2) is 60.8 Å². The van der Waals surface area contributed by atoms with Gasteiger partial charge >= 0.3 is 5.97 Å². The molecule has 1 N–H and O–H groups in total. The molecule has 0 radical (unpaired) electrons. The summed E-state index contributed by atoms with van der Waals surface area (Å²) in [6.45, 7) is 7.96. The average molecular weight is 442 g/mol. The summed E-state index contributed by atoms with van der Waals surface area (Å²) < 4.78 is 6.96. The molecule has 0 aliphatic heterocycles. The minimum absolute atomic E-state index is 0.277. The zero-order valence-electron chi connectivity index (χ0n) is 19.3. The number of esters is 1. The number of nitrogens with one attached hydrogen (secondary N) is 1. The molecule has 0 spiro atoms. The van der Waals surface area contributed by atoms with Crippen molar-refractivity contribution >= 4 is 17.6 Å². The van der Waals surface area contributed by atoms with Crippen LogP contribution in [0.2, 0.25) is 0 Å². The quantitative estimate of drug-likeness (QED) is 0.402. The third-order valence-corrected chi connectivity index (χ3v) is 5.33. The molecule has 0 bridgehead atoms. The van der Waals surface area contributed by atoms with Gasteiger partial charge in [-0.15, -0.1) is 0 Å². The SMILES string of the molecule is CCOC(=O)c1cnn(-c2ccccc2)c1Nc1nc(C)nc(C)c1Cc1ccc(C)cc1. The summed E-state index contributed by atoms with van der Waals surface area (Å²) in [7, 11) is 0. The summed E-state index contributed by atoms with van der Waals surface area (Å²) >= 11 is 0. The number of hydrogen-bond donors (Lipinski definition) is 1. The molecule has 7 heteroatoms. The lowest BCUT2D eigenvalue weighted by atomic mass is 10.0. The summed E-state index contributed by atoms with van der Waals surface area (Å²) in [6.07, 6.45) is 2.18. The van der Waals surface area contributed by atoms with Crippen molar-refractivity contribution in [2.75, 3.05) is 11.9 Å². The maximum Gasteiger partial charge on any atom is 0.343 e. The van der Waals surface area contributed by atoms with Crippen molar-refractivity contribution in [1.82, 2.24) is 19.7 Å². The Morgan fingerprint density at radius 2 is 1.73 bits per heavy atom. The molecule has 0 saturated carbocycles. The molecular formula is C26H27N5O2. The van der Waals surface area contributed by atoms with Crippen LogP contribution >= 0.6 is 0 Å². The lowest BCUT2D eigenvalue weighted by molar-refractivity contribution is 0.0527. The molecule has 0 aliphatic rings. The Labute approximate surface area is 193 Å². The lowest BCUT2D eigenvalue weighted by Crippen LogP contribution is -2.13. The monoisotopic (exact) mass is 441 g/mol. The number of nitrogens with zero attached hydrogens (tertiary/aromatic N) is 4. The van der Waals surface area contributed by atoms with Crippen LogP contribution in [0.3, 0.4) is 0 Å². The first-order chi connectivity index (χ1) is 16.0. The van der Waals surface area contributed by atoms with Gasteiger partial charge in [0, 0.05) is 17.7 Å². The molecular weight excluding hydrogens is 414 g/mol. The topological polar surface area (TPSA) is 81.9 Å². The van der Waals surface area contributed by atoms with E-state index >= 15 is 0 Å². The Hall–Kier alpha value is -4.00. The van der Waals surface area contributed by atoms with Crippen LogP contribution in [-0.2, 0) is 11.2 Å². The van der Waals surface area contributed by atoms with Crippen LogP contribution < -0.4 is 5.32 Å². The first-order valence-electron chi connectivity index (χ1n) is 10.9. The molecule has 0 saturated heterocycles. The van der Waals surface area contributed by atoms with Gasteiger partial charge in [0.05, 0.1) is 18.5 Å². The van der Waals surface area contributed by atoms with Gasteiger partial charge in [0.2, 0.25) is 0 Å². The van der Waals surface area contributed by atoms with E-state index in [1.165, 1.54) is 11.8 Å². The van der Waals surface area contributed by atoms with Gasteiger partial charge in [-0.25, -0.2) is 19.4 Å². The summed E-state index contributed by atoms with van der Waals surface area (Å²) in [5.74, 6) is 1.35. The fourth-order valence-electron chi connectivity index (χ4n) is 3.66. The number of rotatable bonds is 7. The first-order valence-corrected chi connectivity index (χ1v) is 10.9. The molecule has 0 amide bonds. The number of ether oxygens (including phenoxy) is 1. The fraction of sp³-hybridized carbons (Fsp3) is 0.231. The molecule has 4 aromatic rings. The fourth-order valence-corrected chi connectivity index (χ4v) is 3.66. The van der Waals surface area contributed by atoms with Gasteiger partial charge in [-0.05, 0) is 45.4 Å². The van der Waals surface area contributed by atoms with Crippen LogP contribution in [-0.4, -0.2) is 32.3 Å². The highest BCUT2D eigenvalue weighted by Gasteiger charge is 2.22. The van der Waals surface area contributed by atoms with Crippen LogP contribution in [0.25, 0.3) is 5.69 Å². The number of carbonyl (C=O) groups is 1. The smallest absolute Gasteiger partial charge is 0.343 e. The zero-order valence-corrected chi connectivity index (χ0v) is 19.3. The first kappa shape index (κ1) is 22.2. The van der Waals surface area contributed by atoms with Crippen LogP contribution in [0.5, 0.6) is 0 Å². The third kappa shape index (κ3) is 4.92. The number of carbonyl (C=O) groups excluding carboxylic acids is 1. The van der Waals surface area contributed by atoms with Gasteiger partial charge in [0.15, 0.2) is 0 Å². The number of hydrogen-bond acceptors (Lipinski definition) is 6. The zero-order chi connectivity index (χ0) is 23.4. The van der Waals surface area contributed by atoms with Crippen molar-refractivity contribution in [1.29, 1.82) is 0 Å². The summed E-state index contributed by atoms with van der Waals surface area (Å²) in [5, 5.41) is 7.85. The maximum absolute atomic E-state index is 12.7. The third-order valence-electron chi connectivity index (χ3n) is 5.33. The van der Waals surface area contributed by atoms with Crippen molar-refractivity contribution in [2.24, 2.45) is 0 Å². The predicted molar refractivity (Wildman–Crippen MR) is 128 cm³/mol. The summed E-state index contributed by atoms with van der Waals surface area (Å²) in [4.78, 5) is 22.0. The minimum Gasteiger partial charge on any atom is -0.462 e. The normalized spacial score (nSPS) is 10.8. The van der Waals surface area contributed by atoms with E-state index in [-0.39, 0.29) is 6.61 Å². The van der Waals surface area contributed by atoms with Gasteiger partial charge < -0.3 is 10.1 Å². The van der Waals surface area contributed by atoms with Crippen molar-refractivity contribution in [3.05, 3.63) is 94.6 Å². The number of anilines is 2. The second kappa shape index (κ2) is 9.65. The van der Waals surface area contributed by atoms with E-state index in [0.717, 1.165) is 22.5 Å². The lowest BCUT2D eigenvalue weighted by Gasteiger charge is -2.16. The second-order valence-electron chi connectivity index (χ2n) is 7.85. The van der Waals surface area contributed by atoms with Crippen molar-refractivity contribution in [3.63, 3.8) is 0 Å². The van der Waals surface area contributed by atoms with Crippen molar-refractivity contribution < 1.29 is 9.53 Å². The number of para-hydroxylation sites is 1. The number of benzene rings is 2. The van der Waals surface area contributed by atoms with Gasteiger partial charge in [0.25, 0.3) is 0 Å². The Balaban J connectivity index is 1.80. The van der Waals surface area contributed by atoms with E-state index in [0.29, 0.717) is 29.4 Å². The highest BCUT2D eigenvalue weighted by atomic mass is 16.5. The molecule has 2 heterocycles. The van der Waals surface area contributed by atoms with Gasteiger partial charge in [-0.1, -0.05) is 48.0 Å². The molecule has 0 aliphatic carbocycles. The predicted octanol–water partition coefficient (Wildman–Crippen LogP) is 5.10. The van der Waals surface area contributed by atoms with Crippen LogP contribution in [0.1, 0.15) is 45.5 Å². The Morgan fingerprint density at radius 3 is 2.42 bits per heavy atom. The molecule has 0 fully saturated rings. The minimum atomic E-state index is -0.440. The van der Waals surface area contributed by atoms with Gasteiger partial charge in [-0.2, -0.15) is 5.10 Å². The molecule has 4 rings (SSSR count). The Bertz CT molecular complexity index is 1260. The molecule has 2 aromatic heterocycles. The van der Waals surface area contributed by atoms with Crippen molar-refractivity contribution in [3.8, 4) is 5.69 Å². The maximum atomic E-state index is 12.7. The standard InChI is InChI=1S/C26H27N5O2/c1-5-33-26(32)23-16-27-31(21-9-7-6-8-10-21)25(23)30-24-22(18(3)28-19(4)29-24)15-20-13-11-17(2)12-14-20/h6-14,16H,5,15H2,1-4H3,(H,28,29,30). The van der Waals surface area contributed by atoms with Crippen LogP contribution in [0.4, 0.5) is 11.6 Å². The molecule has 168 valence electrons. The molecule has 0 atom stereocenters. The molecule has 33 heavy (non-hydrogen) atoms. The van der Waals surface area contributed by atoms with E-state index in [2.05, 4.69) is 51.6 Å². The van der Waals surface area contributed by atoms with E-state index in [4.69, 9.17) is 4.74 Å². The molecule has 2 aromatic carbocycles. The summed E-state index contributed by atoms with van der Waals surface area (Å²) in [5.41, 5.74) is 5.37. The van der Waals surface area contributed by atoms with E-state index in [1.54, 1.807) is 11.6 Å². The highest BCUT2D eigenvalue weighted by Crippen LogP contribution is 2.28. The number of aromatic nitrogens is 4. The largest absolute Gasteiger partial charge is 0.462 e. The van der Waals surface area contributed by atoms with Gasteiger partial charge in [-0.3, -0.25) is 0 Å². The van der Waals surface area contributed by atoms with E-state index < -0.39 is 5.97 Å². The molecule has 0 unspecified atom stereocenters. The van der Waals surface area contributed by atoms with E-state index in [9.17, 15) is 4.79 Å². The van der Waals surface area contributed by atoms with Crippen molar-refractivity contribution in [2.45, 2.75) is 34.1 Å². The highest BCUT2D eigenvalue weighted by molar-refractivity contribution is 5.95. The van der Waals surface area contributed by atoms with Crippen LogP contribution in [0, 0.1) is 20.8 Å². The average Bonchev–Trinajstić information content (AvgIpc) is 3.22. The molecule has 7 nitrogen and oxygen atoms in total.